The van der Waals surface area contributed by atoms with Crippen molar-refractivity contribution in [3.8, 4) is 5.75 Å². The van der Waals surface area contributed by atoms with Crippen molar-refractivity contribution >= 4 is 45.8 Å². The van der Waals surface area contributed by atoms with E-state index in [9.17, 15) is 19.2 Å². The maximum Gasteiger partial charge on any atom is 0.343 e. The first-order chi connectivity index (χ1) is 18.8. The van der Waals surface area contributed by atoms with Crippen LogP contribution in [0.5, 0.6) is 5.75 Å². The van der Waals surface area contributed by atoms with E-state index < -0.39 is 23.8 Å². The third kappa shape index (κ3) is 6.77. The van der Waals surface area contributed by atoms with Crippen molar-refractivity contribution < 1.29 is 28.7 Å². The molecular formula is C29H29N3O6S. The maximum atomic E-state index is 12.6. The SMILES string of the molecule is CCOC(=O)c1c(NC(=O)C(=O)N/N=C(\C)c2ccc(OC(=O)c3ccc(C)cc3)cc2)sc2c1CCCC2. The van der Waals surface area contributed by atoms with Gasteiger partial charge in [-0.15, -0.1) is 11.3 Å². The number of nitrogens with zero attached hydrogens (tertiary/aromatic N) is 1. The van der Waals surface area contributed by atoms with Crippen LogP contribution in [0.15, 0.2) is 53.6 Å². The molecule has 4 rings (SSSR count). The number of amides is 2. The Morgan fingerprint density at radius 3 is 2.26 bits per heavy atom. The minimum absolute atomic E-state index is 0.210. The Bertz CT molecular complexity index is 1420. The third-order valence-corrected chi connectivity index (χ3v) is 7.39. The second-order valence-corrected chi connectivity index (χ2v) is 10.1. The first kappa shape index (κ1) is 27.7. The predicted molar refractivity (Wildman–Crippen MR) is 148 cm³/mol. The summed E-state index contributed by atoms with van der Waals surface area (Å²) in [5.74, 6) is -2.52. The van der Waals surface area contributed by atoms with Crippen LogP contribution in [0.2, 0.25) is 0 Å². The molecule has 1 aliphatic rings. The average Bonchev–Trinajstić information content (AvgIpc) is 3.30. The molecule has 0 radical (unpaired) electrons. The molecule has 39 heavy (non-hydrogen) atoms. The van der Waals surface area contributed by atoms with Crippen LogP contribution < -0.4 is 15.5 Å². The van der Waals surface area contributed by atoms with E-state index in [-0.39, 0.29) is 6.61 Å². The van der Waals surface area contributed by atoms with Crippen molar-refractivity contribution in [2.45, 2.75) is 46.5 Å². The second-order valence-electron chi connectivity index (χ2n) is 9.01. The number of carbonyl (C=O) groups excluding carboxylic acids is 4. The van der Waals surface area contributed by atoms with Gasteiger partial charge < -0.3 is 14.8 Å². The van der Waals surface area contributed by atoms with E-state index in [4.69, 9.17) is 9.47 Å². The highest BCUT2D eigenvalue weighted by atomic mass is 32.1. The predicted octanol–water partition coefficient (Wildman–Crippen LogP) is 4.81. The summed E-state index contributed by atoms with van der Waals surface area (Å²) in [6.45, 7) is 5.53. The number of thiophene rings is 1. The summed E-state index contributed by atoms with van der Waals surface area (Å²) in [4.78, 5) is 51.0. The monoisotopic (exact) mass is 547 g/mol. The van der Waals surface area contributed by atoms with Crippen LogP contribution in [-0.4, -0.2) is 36.1 Å². The van der Waals surface area contributed by atoms with Gasteiger partial charge in [0.1, 0.15) is 10.8 Å². The van der Waals surface area contributed by atoms with Crippen molar-refractivity contribution in [2.75, 3.05) is 11.9 Å². The largest absolute Gasteiger partial charge is 0.462 e. The number of aryl methyl sites for hydroxylation is 2. The number of anilines is 1. The summed E-state index contributed by atoms with van der Waals surface area (Å²) >= 11 is 1.30. The van der Waals surface area contributed by atoms with Crippen molar-refractivity contribution in [3.05, 3.63) is 81.2 Å². The topological polar surface area (TPSA) is 123 Å². The molecule has 1 aromatic heterocycles. The summed E-state index contributed by atoms with van der Waals surface area (Å²) in [6.07, 6.45) is 3.51. The number of fused-ring (bicyclic) bond motifs is 1. The first-order valence-electron chi connectivity index (χ1n) is 12.6. The van der Waals surface area contributed by atoms with E-state index in [2.05, 4.69) is 15.8 Å². The quantitative estimate of drug-likeness (QED) is 0.144. The van der Waals surface area contributed by atoms with Gasteiger partial charge in [0.25, 0.3) is 0 Å². The number of esters is 2. The summed E-state index contributed by atoms with van der Waals surface area (Å²) in [6, 6.07) is 13.7. The van der Waals surface area contributed by atoms with Gasteiger partial charge in [-0.2, -0.15) is 5.10 Å². The van der Waals surface area contributed by atoms with Crippen molar-refractivity contribution in [1.29, 1.82) is 0 Å². The van der Waals surface area contributed by atoms with Crippen LogP contribution in [0.25, 0.3) is 0 Å². The molecule has 0 fully saturated rings. The zero-order valence-corrected chi connectivity index (χ0v) is 22.8. The molecule has 10 heteroatoms. The normalized spacial score (nSPS) is 12.7. The molecule has 0 bridgehead atoms. The first-order valence-corrected chi connectivity index (χ1v) is 13.4. The lowest BCUT2D eigenvalue weighted by Gasteiger charge is -2.12. The number of rotatable bonds is 7. The smallest absolute Gasteiger partial charge is 0.343 e. The van der Waals surface area contributed by atoms with Crippen LogP contribution in [-0.2, 0) is 27.2 Å². The Labute approximate surface area is 230 Å². The number of hydrazone groups is 1. The van der Waals surface area contributed by atoms with Gasteiger partial charge in [-0.05, 0) is 94.0 Å². The van der Waals surface area contributed by atoms with Gasteiger partial charge >= 0.3 is 23.8 Å². The van der Waals surface area contributed by atoms with Crippen LogP contribution in [0.4, 0.5) is 5.00 Å². The second kappa shape index (κ2) is 12.5. The average molecular weight is 548 g/mol. The molecule has 3 aromatic rings. The number of nitrogens with one attached hydrogen (secondary N) is 2. The lowest BCUT2D eigenvalue weighted by molar-refractivity contribution is -0.136. The Kier molecular flexibility index (Phi) is 8.88. The van der Waals surface area contributed by atoms with E-state index in [1.807, 2.05) is 19.1 Å². The van der Waals surface area contributed by atoms with E-state index in [0.717, 1.165) is 41.7 Å². The Morgan fingerprint density at radius 2 is 1.56 bits per heavy atom. The van der Waals surface area contributed by atoms with Crippen LogP contribution >= 0.6 is 11.3 Å². The standard InChI is InChI=1S/C29H29N3O6S/c1-4-37-29(36)24-22-7-5-6-8-23(22)39-27(24)30-25(33)26(34)32-31-18(3)19-13-15-21(16-14-19)38-28(35)20-11-9-17(2)10-12-20/h9-16H,4-8H2,1-3H3,(H,30,33)(H,32,34)/b31-18+. The number of benzene rings is 2. The Morgan fingerprint density at radius 1 is 0.897 bits per heavy atom. The molecule has 202 valence electrons. The summed E-state index contributed by atoms with van der Waals surface area (Å²) in [5.41, 5.74) is 6.05. The van der Waals surface area contributed by atoms with E-state index in [0.29, 0.717) is 33.2 Å². The highest BCUT2D eigenvalue weighted by Gasteiger charge is 2.28. The maximum absolute atomic E-state index is 12.6. The van der Waals surface area contributed by atoms with E-state index >= 15 is 0 Å². The zero-order valence-electron chi connectivity index (χ0n) is 22.0. The molecule has 1 aliphatic carbocycles. The third-order valence-electron chi connectivity index (χ3n) is 6.18. The fourth-order valence-corrected chi connectivity index (χ4v) is 5.38. The van der Waals surface area contributed by atoms with Crippen LogP contribution in [0, 0.1) is 6.92 Å². The Balaban J connectivity index is 1.37. The number of hydrogen-bond acceptors (Lipinski definition) is 8. The molecule has 0 aliphatic heterocycles. The minimum Gasteiger partial charge on any atom is -0.462 e. The Hall–Kier alpha value is -4.31. The number of ether oxygens (including phenoxy) is 2. The van der Waals surface area contributed by atoms with Crippen molar-refractivity contribution in [1.82, 2.24) is 5.43 Å². The molecule has 0 saturated heterocycles. The van der Waals surface area contributed by atoms with E-state index in [1.54, 1.807) is 50.2 Å². The summed E-state index contributed by atoms with van der Waals surface area (Å²) in [7, 11) is 0. The number of carbonyl (C=O) groups is 4. The highest BCUT2D eigenvalue weighted by molar-refractivity contribution is 7.17. The van der Waals surface area contributed by atoms with Gasteiger partial charge in [-0.3, -0.25) is 9.59 Å². The molecule has 2 N–H and O–H groups in total. The number of hydrogen-bond donors (Lipinski definition) is 2. The van der Waals surface area contributed by atoms with Crippen molar-refractivity contribution in [2.24, 2.45) is 5.10 Å². The molecule has 0 spiro atoms. The van der Waals surface area contributed by atoms with Crippen molar-refractivity contribution in [3.63, 3.8) is 0 Å². The molecule has 0 saturated carbocycles. The van der Waals surface area contributed by atoms with Gasteiger partial charge in [0.15, 0.2) is 0 Å². The van der Waals surface area contributed by atoms with Gasteiger partial charge in [0, 0.05) is 4.88 Å². The fraction of sp³-hybridized carbons (Fsp3) is 0.276. The molecule has 1 heterocycles. The van der Waals surface area contributed by atoms with E-state index in [1.165, 1.54) is 11.3 Å². The van der Waals surface area contributed by atoms with Gasteiger partial charge in [-0.1, -0.05) is 17.7 Å². The lowest BCUT2D eigenvalue weighted by atomic mass is 9.95. The molecule has 2 amide bonds. The minimum atomic E-state index is -0.973. The van der Waals surface area contributed by atoms with Gasteiger partial charge in [0.05, 0.1) is 23.4 Å². The molecule has 0 atom stereocenters. The lowest BCUT2D eigenvalue weighted by Crippen LogP contribution is -2.33. The molecule has 2 aromatic carbocycles. The van der Waals surface area contributed by atoms with Gasteiger partial charge in [-0.25, -0.2) is 15.0 Å². The summed E-state index contributed by atoms with van der Waals surface area (Å²) in [5, 5.41) is 6.89. The highest BCUT2D eigenvalue weighted by Crippen LogP contribution is 2.38. The molecule has 0 unspecified atom stereocenters. The molecular weight excluding hydrogens is 518 g/mol. The van der Waals surface area contributed by atoms with Crippen LogP contribution in [0.3, 0.4) is 0 Å². The zero-order chi connectivity index (χ0) is 27.9. The summed E-state index contributed by atoms with van der Waals surface area (Å²) < 4.78 is 10.6. The fourth-order valence-electron chi connectivity index (χ4n) is 4.10. The van der Waals surface area contributed by atoms with Crippen LogP contribution in [0.1, 0.15) is 69.0 Å². The van der Waals surface area contributed by atoms with Gasteiger partial charge in [0.2, 0.25) is 0 Å². The molecule has 9 nitrogen and oxygen atoms in total.